The fraction of sp³-hybridized carbons (Fsp3) is 1.00. The maximum Gasteiger partial charge on any atom is 0.00209 e. The van der Waals surface area contributed by atoms with Gasteiger partial charge in [0.05, 0.1) is 0 Å². The molecule has 4 N–H and O–H groups in total. The van der Waals surface area contributed by atoms with Crippen LogP contribution in [0.25, 0.3) is 0 Å². The van der Waals surface area contributed by atoms with Gasteiger partial charge in [-0.25, -0.2) is 0 Å². The second-order valence-corrected chi connectivity index (χ2v) is 3.50. The molecule has 0 aromatic rings. The summed E-state index contributed by atoms with van der Waals surface area (Å²) >= 11 is 0. The fourth-order valence-electron chi connectivity index (χ4n) is 1.93. The van der Waals surface area contributed by atoms with Crippen molar-refractivity contribution in [2.45, 2.75) is 40.5 Å². The van der Waals surface area contributed by atoms with E-state index in [4.69, 9.17) is 5.73 Å². The van der Waals surface area contributed by atoms with Gasteiger partial charge in [0, 0.05) is 13.1 Å². The second-order valence-electron chi connectivity index (χ2n) is 3.50. The van der Waals surface area contributed by atoms with Gasteiger partial charge in [0.1, 0.15) is 0 Å². The van der Waals surface area contributed by atoms with Gasteiger partial charge in [0.25, 0.3) is 0 Å². The van der Waals surface area contributed by atoms with Crippen molar-refractivity contribution in [1.29, 1.82) is 0 Å². The third kappa shape index (κ3) is 6.88. The van der Waals surface area contributed by atoms with E-state index in [1.54, 1.807) is 0 Å². The molecule has 1 aliphatic rings. The minimum absolute atomic E-state index is 0.448. The molecule has 3 heteroatoms. The van der Waals surface area contributed by atoms with Crippen LogP contribution in [-0.4, -0.2) is 33.2 Å². The molecule has 0 spiro atoms. The van der Waals surface area contributed by atoms with E-state index in [1.807, 2.05) is 34.7 Å². The molecule has 0 amide bonds. The molecular formula is C12H31N3. The Labute approximate surface area is 96.2 Å². The quantitative estimate of drug-likeness (QED) is 0.670. The summed E-state index contributed by atoms with van der Waals surface area (Å²) in [5, 5.41) is 6.63. The van der Waals surface area contributed by atoms with Crippen LogP contribution in [0.3, 0.4) is 0 Å². The van der Waals surface area contributed by atoms with Crippen molar-refractivity contribution < 1.29 is 0 Å². The highest BCUT2D eigenvalue weighted by Gasteiger charge is 2.31. The van der Waals surface area contributed by atoms with Crippen molar-refractivity contribution in [3.63, 3.8) is 0 Å². The summed E-state index contributed by atoms with van der Waals surface area (Å²) in [6.07, 6.45) is 2.41. The normalized spacial score (nSPS) is 23.6. The molecule has 3 nitrogen and oxygen atoms in total. The molecule has 0 aromatic heterocycles. The summed E-state index contributed by atoms with van der Waals surface area (Å²) < 4.78 is 0. The third-order valence-electron chi connectivity index (χ3n) is 2.56. The molecule has 1 aliphatic heterocycles. The van der Waals surface area contributed by atoms with Gasteiger partial charge < -0.3 is 16.4 Å². The molecule has 0 aromatic carbocycles. The van der Waals surface area contributed by atoms with Crippen LogP contribution in [0.5, 0.6) is 0 Å². The highest BCUT2D eigenvalue weighted by molar-refractivity contribution is 4.89. The lowest BCUT2D eigenvalue weighted by molar-refractivity contribution is 0.292. The minimum atomic E-state index is 0.448. The van der Waals surface area contributed by atoms with Crippen LogP contribution in [0, 0.1) is 5.41 Å². The van der Waals surface area contributed by atoms with Crippen molar-refractivity contribution in [1.82, 2.24) is 10.6 Å². The Hall–Kier alpha value is -0.120. The van der Waals surface area contributed by atoms with Crippen molar-refractivity contribution in [3.05, 3.63) is 0 Å². The van der Waals surface area contributed by atoms with Gasteiger partial charge in [0.15, 0.2) is 0 Å². The topological polar surface area (TPSA) is 50.1 Å². The molecule has 0 aliphatic carbocycles. The molecule has 1 heterocycles. The molecule has 0 saturated carbocycles. The molecule has 94 valence electrons. The zero-order valence-corrected chi connectivity index (χ0v) is 11.3. The predicted molar refractivity (Wildman–Crippen MR) is 70.2 cm³/mol. The van der Waals surface area contributed by atoms with E-state index in [2.05, 4.69) is 10.6 Å². The molecule has 15 heavy (non-hydrogen) atoms. The summed E-state index contributed by atoms with van der Waals surface area (Å²) in [6, 6.07) is 0. The highest BCUT2D eigenvalue weighted by atomic mass is 15.0. The van der Waals surface area contributed by atoms with Crippen LogP contribution in [0.1, 0.15) is 40.5 Å². The monoisotopic (exact) mass is 217 g/mol. The average molecular weight is 217 g/mol. The van der Waals surface area contributed by atoms with Crippen molar-refractivity contribution >= 4 is 0 Å². The Morgan fingerprint density at radius 2 is 1.87 bits per heavy atom. The van der Waals surface area contributed by atoms with Crippen LogP contribution in [0.2, 0.25) is 0 Å². The molecule has 1 fully saturated rings. The molecule has 1 rings (SSSR count). The number of nitrogens with two attached hydrogens (primary N) is 1. The predicted octanol–water partition coefficient (Wildman–Crippen LogP) is 1.59. The number of nitrogens with one attached hydrogen (secondary N) is 2. The van der Waals surface area contributed by atoms with Crippen molar-refractivity contribution in [2.24, 2.45) is 11.1 Å². The van der Waals surface area contributed by atoms with E-state index in [0.29, 0.717) is 5.41 Å². The summed E-state index contributed by atoms with van der Waals surface area (Å²) in [5.74, 6) is 0. The Bertz CT molecular complexity index is 101. The first-order valence-corrected chi connectivity index (χ1v) is 6.38. The maximum atomic E-state index is 5.57. The average Bonchev–Trinajstić information content (AvgIpc) is 2.74. The smallest absolute Gasteiger partial charge is 0.00209 e. The third-order valence-corrected chi connectivity index (χ3v) is 2.56. The zero-order chi connectivity index (χ0) is 12.2. The van der Waals surface area contributed by atoms with E-state index in [-0.39, 0.29) is 0 Å². The number of hydrogen-bond donors (Lipinski definition) is 3. The van der Waals surface area contributed by atoms with Crippen LogP contribution in [-0.2, 0) is 0 Å². The van der Waals surface area contributed by atoms with E-state index >= 15 is 0 Å². The summed E-state index contributed by atoms with van der Waals surface area (Å²) in [6.45, 7) is 12.2. The molecular weight excluding hydrogens is 186 g/mol. The van der Waals surface area contributed by atoms with Crippen LogP contribution in [0.15, 0.2) is 0 Å². The Kier molecular flexibility index (Phi) is 13.8. The molecule has 1 unspecified atom stereocenters. The largest absolute Gasteiger partial charge is 0.330 e. The van der Waals surface area contributed by atoms with Gasteiger partial charge in [-0.2, -0.15) is 0 Å². The van der Waals surface area contributed by atoms with Crippen molar-refractivity contribution in [3.8, 4) is 0 Å². The van der Waals surface area contributed by atoms with E-state index in [0.717, 1.165) is 32.6 Å². The summed E-state index contributed by atoms with van der Waals surface area (Å²) in [7, 11) is 2.01. The molecule has 0 radical (unpaired) electrons. The lowest BCUT2D eigenvalue weighted by Crippen LogP contribution is -2.36. The highest BCUT2D eigenvalue weighted by Crippen LogP contribution is 2.27. The van der Waals surface area contributed by atoms with Gasteiger partial charge in [-0.05, 0) is 38.4 Å². The summed E-state index contributed by atoms with van der Waals surface area (Å²) in [5.41, 5.74) is 6.02. The van der Waals surface area contributed by atoms with Gasteiger partial charge >= 0.3 is 0 Å². The summed E-state index contributed by atoms with van der Waals surface area (Å²) in [4.78, 5) is 0. The second kappa shape index (κ2) is 12.0. The number of rotatable bonds is 4. The van der Waals surface area contributed by atoms with Gasteiger partial charge in [-0.1, -0.05) is 27.7 Å². The lowest BCUT2D eigenvalue weighted by atomic mass is 9.83. The fourth-order valence-corrected chi connectivity index (χ4v) is 1.93. The molecule has 1 saturated heterocycles. The van der Waals surface area contributed by atoms with Crippen LogP contribution >= 0.6 is 0 Å². The van der Waals surface area contributed by atoms with Gasteiger partial charge in [-0.15, -0.1) is 0 Å². The molecule has 0 bridgehead atoms. The van der Waals surface area contributed by atoms with Gasteiger partial charge in [-0.3, -0.25) is 0 Å². The van der Waals surface area contributed by atoms with Crippen LogP contribution < -0.4 is 16.4 Å². The molecule has 1 atom stereocenters. The van der Waals surface area contributed by atoms with Gasteiger partial charge in [0.2, 0.25) is 0 Å². The standard InChI is InChI=1S/C8H19N3.2C2H6/c1-10-6-8(2-4-9)3-5-11-7-8;2*1-2/h10-11H,2-7,9H2,1H3;2*1-2H3. The first-order chi connectivity index (χ1) is 7.33. The Morgan fingerprint density at radius 3 is 2.20 bits per heavy atom. The minimum Gasteiger partial charge on any atom is -0.330 e. The van der Waals surface area contributed by atoms with Crippen molar-refractivity contribution in [2.75, 3.05) is 33.2 Å². The first-order valence-electron chi connectivity index (χ1n) is 6.38. The maximum absolute atomic E-state index is 5.57. The van der Waals surface area contributed by atoms with Crippen LogP contribution in [0.4, 0.5) is 0 Å². The SMILES string of the molecule is CC.CC.CNCC1(CCN)CCNC1. The Balaban J connectivity index is 0. The van der Waals surface area contributed by atoms with E-state index in [9.17, 15) is 0 Å². The Morgan fingerprint density at radius 1 is 1.27 bits per heavy atom. The lowest BCUT2D eigenvalue weighted by Gasteiger charge is -2.27. The van der Waals surface area contributed by atoms with E-state index < -0.39 is 0 Å². The first kappa shape index (κ1) is 17.3. The number of hydrogen-bond acceptors (Lipinski definition) is 3. The zero-order valence-electron chi connectivity index (χ0n) is 11.3. The van der Waals surface area contributed by atoms with E-state index in [1.165, 1.54) is 6.42 Å².